The van der Waals surface area contributed by atoms with E-state index in [0.717, 1.165) is 23.4 Å². The molecule has 1 aliphatic rings. The number of benzene rings is 1. The number of nitrogens with zero attached hydrogens (tertiary/aromatic N) is 1. The van der Waals surface area contributed by atoms with Gasteiger partial charge in [0, 0.05) is 32.6 Å². The van der Waals surface area contributed by atoms with Gasteiger partial charge in [-0.05, 0) is 44.9 Å². The van der Waals surface area contributed by atoms with Gasteiger partial charge in [0.05, 0.1) is 12.2 Å². The van der Waals surface area contributed by atoms with E-state index in [1.54, 1.807) is 4.90 Å². The van der Waals surface area contributed by atoms with Crippen molar-refractivity contribution >= 4 is 17.5 Å². The van der Waals surface area contributed by atoms with Gasteiger partial charge in [-0.2, -0.15) is 0 Å². The van der Waals surface area contributed by atoms with Gasteiger partial charge in [-0.3, -0.25) is 9.59 Å². The third-order valence-corrected chi connectivity index (χ3v) is 4.03. The molecule has 0 fully saturated rings. The molecule has 0 saturated carbocycles. The summed E-state index contributed by atoms with van der Waals surface area (Å²) in [5, 5.41) is 2.82. The SMILES string of the molecule is CCOCCCNC(=O)CCC(=O)N1C[C@H](C)Oc2ccc(C)cc21. The fourth-order valence-electron chi connectivity index (χ4n) is 2.77. The van der Waals surface area contributed by atoms with Gasteiger partial charge < -0.3 is 19.7 Å². The summed E-state index contributed by atoms with van der Waals surface area (Å²) in [6.45, 7) is 8.26. The number of carbonyl (C=O) groups is 2. The minimum Gasteiger partial charge on any atom is -0.487 e. The van der Waals surface area contributed by atoms with E-state index in [-0.39, 0.29) is 30.8 Å². The summed E-state index contributed by atoms with van der Waals surface area (Å²) >= 11 is 0. The maximum absolute atomic E-state index is 12.6. The van der Waals surface area contributed by atoms with Crippen LogP contribution in [-0.4, -0.2) is 44.2 Å². The van der Waals surface area contributed by atoms with Crippen LogP contribution in [0.4, 0.5) is 5.69 Å². The number of amides is 2. The van der Waals surface area contributed by atoms with Crippen molar-refractivity contribution in [2.45, 2.75) is 46.1 Å². The van der Waals surface area contributed by atoms with Crippen molar-refractivity contribution in [1.29, 1.82) is 0 Å². The molecule has 1 N–H and O–H groups in total. The Balaban J connectivity index is 1.85. The number of anilines is 1. The highest BCUT2D eigenvalue weighted by molar-refractivity contribution is 5.97. The first-order chi connectivity index (χ1) is 12.0. The number of hydrogen-bond donors (Lipinski definition) is 1. The summed E-state index contributed by atoms with van der Waals surface area (Å²) in [7, 11) is 0. The maximum Gasteiger partial charge on any atom is 0.227 e. The Kier molecular flexibility index (Phi) is 7.25. The van der Waals surface area contributed by atoms with E-state index in [2.05, 4.69) is 5.32 Å². The van der Waals surface area contributed by atoms with Crippen molar-refractivity contribution in [1.82, 2.24) is 5.32 Å². The van der Waals surface area contributed by atoms with E-state index in [0.29, 0.717) is 26.3 Å². The van der Waals surface area contributed by atoms with Crippen molar-refractivity contribution < 1.29 is 19.1 Å². The standard InChI is InChI=1S/C19H28N2O4/c1-4-24-11-5-10-20-18(22)8-9-19(23)21-13-15(3)25-17-7-6-14(2)12-16(17)21/h6-7,12,15H,4-5,8-11,13H2,1-3H3,(H,20,22)/t15-/m0/s1. The minimum absolute atomic E-state index is 0.0496. The van der Waals surface area contributed by atoms with Gasteiger partial charge >= 0.3 is 0 Å². The zero-order chi connectivity index (χ0) is 18.2. The molecule has 0 aliphatic carbocycles. The van der Waals surface area contributed by atoms with E-state index < -0.39 is 0 Å². The molecule has 6 nitrogen and oxygen atoms in total. The van der Waals surface area contributed by atoms with Gasteiger partial charge in [0.25, 0.3) is 0 Å². The lowest BCUT2D eigenvalue weighted by Crippen LogP contribution is -2.42. The predicted molar refractivity (Wildman–Crippen MR) is 97.0 cm³/mol. The van der Waals surface area contributed by atoms with E-state index in [4.69, 9.17) is 9.47 Å². The summed E-state index contributed by atoms with van der Waals surface area (Å²) in [5.41, 5.74) is 1.86. The first kappa shape index (κ1) is 19.2. The lowest BCUT2D eigenvalue weighted by molar-refractivity contribution is -0.125. The van der Waals surface area contributed by atoms with Crippen LogP contribution in [0.3, 0.4) is 0 Å². The predicted octanol–water partition coefficient (Wildman–Crippen LogP) is 2.43. The minimum atomic E-state index is -0.101. The molecule has 0 aromatic heterocycles. The second-order valence-electron chi connectivity index (χ2n) is 6.30. The van der Waals surface area contributed by atoms with Crippen molar-refractivity contribution in [3.63, 3.8) is 0 Å². The number of ether oxygens (including phenoxy) is 2. The Hall–Kier alpha value is -2.08. The zero-order valence-electron chi connectivity index (χ0n) is 15.3. The molecule has 0 radical (unpaired) electrons. The number of hydrogen-bond acceptors (Lipinski definition) is 4. The van der Waals surface area contributed by atoms with Gasteiger partial charge in [-0.15, -0.1) is 0 Å². The summed E-state index contributed by atoms with van der Waals surface area (Å²) < 4.78 is 11.0. The third kappa shape index (κ3) is 5.74. The van der Waals surface area contributed by atoms with Gasteiger partial charge in [0.2, 0.25) is 11.8 Å². The number of fused-ring (bicyclic) bond motifs is 1. The van der Waals surface area contributed by atoms with Crippen LogP contribution >= 0.6 is 0 Å². The first-order valence-corrected chi connectivity index (χ1v) is 8.93. The summed E-state index contributed by atoms with van der Waals surface area (Å²) in [6, 6.07) is 5.81. The van der Waals surface area contributed by atoms with Crippen LogP contribution in [0.5, 0.6) is 5.75 Å². The molecule has 1 atom stereocenters. The topological polar surface area (TPSA) is 67.9 Å². The highest BCUT2D eigenvalue weighted by Gasteiger charge is 2.27. The highest BCUT2D eigenvalue weighted by atomic mass is 16.5. The highest BCUT2D eigenvalue weighted by Crippen LogP contribution is 2.34. The van der Waals surface area contributed by atoms with Crippen molar-refractivity contribution in [3.05, 3.63) is 23.8 Å². The molecule has 2 rings (SSSR count). The molecule has 2 amide bonds. The smallest absolute Gasteiger partial charge is 0.227 e. The fraction of sp³-hybridized carbons (Fsp3) is 0.579. The van der Waals surface area contributed by atoms with Crippen molar-refractivity contribution in [2.24, 2.45) is 0 Å². The monoisotopic (exact) mass is 348 g/mol. The molecule has 1 aromatic rings. The van der Waals surface area contributed by atoms with Crippen LogP contribution in [-0.2, 0) is 14.3 Å². The fourth-order valence-corrected chi connectivity index (χ4v) is 2.77. The maximum atomic E-state index is 12.6. The second kappa shape index (κ2) is 9.42. The normalized spacial score (nSPS) is 16.1. The van der Waals surface area contributed by atoms with Crippen LogP contribution in [0.1, 0.15) is 38.7 Å². The van der Waals surface area contributed by atoms with Crippen LogP contribution in [0.15, 0.2) is 18.2 Å². The molecule has 138 valence electrons. The second-order valence-corrected chi connectivity index (χ2v) is 6.30. The largest absolute Gasteiger partial charge is 0.487 e. The number of rotatable bonds is 8. The van der Waals surface area contributed by atoms with Crippen LogP contribution in [0, 0.1) is 6.92 Å². The Morgan fingerprint density at radius 2 is 2.16 bits per heavy atom. The molecular weight excluding hydrogens is 320 g/mol. The van der Waals surface area contributed by atoms with E-state index in [1.165, 1.54) is 0 Å². The van der Waals surface area contributed by atoms with Gasteiger partial charge in [0.1, 0.15) is 11.9 Å². The quantitative estimate of drug-likeness (QED) is 0.733. The Labute approximate surface area is 149 Å². The lowest BCUT2D eigenvalue weighted by atomic mass is 10.1. The van der Waals surface area contributed by atoms with E-state index in [1.807, 2.05) is 39.0 Å². The molecule has 1 aliphatic heterocycles. The summed E-state index contributed by atoms with van der Waals surface area (Å²) in [6.07, 6.45) is 1.10. The average molecular weight is 348 g/mol. The van der Waals surface area contributed by atoms with Gasteiger partial charge in [-0.25, -0.2) is 0 Å². The summed E-state index contributed by atoms with van der Waals surface area (Å²) in [5.74, 6) is 0.570. The van der Waals surface area contributed by atoms with Crippen molar-refractivity contribution in [3.8, 4) is 5.75 Å². The van der Waals surface area contributed by atoms with Crippen LogP contribution in [0.2, 0.25) is 0 Å². The Morgan fingerprint density at radius 3 is 2.92 bits per heavy atom. The number of carbonyl (C=O) groups excluding carboxylic acids is 2. The molecule has 25 heavy (non-hydrogen) atoms. The molecule has 1 aromatic carbocycles. The van der Waals surface area contributed by atoms with Gasteiger partial charge in [-0.1, -0.05) is 6.07 Å². The Morgan fingerprint density at radius 1 is 1.36 bits per heavy atom. The van der Waals surface area contributed by atoms with Crippen molar-refractivity contribution in [2.75, 3.05) is 31.2 Å². The zero-order valence-corrected chi connectivity index (χ0v) is 15.3. The molecule has 0 bridgehead atoms. The molecule has 1 heterocycles. The number of nitrogens with one attached hydrogen (secondary N) is 1. The molecule has 0 spiro atoms. The summed E-state index contributed by atoms with van der Waals surface area (Å²) in [4.78, 5) is 26.2. The third-order valence-electron chi connectivity index (χ3n) is 4.03. The van der Waals surface area contributed by atoms with Crippen LogP contribution < -0.4 is 15.0 Å². The number of aryl methyl sites for hydroxylation is 1. The van der Waals surface area contributed by atoms with E-state index >= 15 is 0 Å². The average Bonchev–Trinajstić information content (AvgIpc) is 2.59. The molecule has 0 unspecified atom stereocenters. The van der Waals surface area contributed by atoms with Gasteiger partial charge in [0.15, 0.2) is 0 Å². The first-order valence-electron chi connectivity index (χ1n) is 8.93. The lowest BCUT2D eigenvalue weighted by Gasteiger charge is -2.33. The van der Waals surface area contributed by atoms with E-state index in [9.17, 15) is 9.59 Å². The molecule has 6 heteroatoms. The Bertz CT molecular complexity index is 603. The van der Waals surface area contributed by atoms with Crippen LogP contribution in [0.25, 0.3) is 0 Å². The molecule has 0 saturated heterocycles. The molecular formula is C19H28N2O4.